The van der Waals surface area contributed by atoms with Crippen LogP contribution in [-0.4, -0.2) is 74.5 Å². The second-order valence-corrected chi connectivity index (χ2v) is 10.7. The van der Waals surface area contributed by atoms with Crippen LogP contribution in [0.25, 0.3) is 0 Å². The van der Waals surface area contributed by atoms with Gasteiger partial charge in [-0.15, -0.1) is 18.3 Å². The zero-order valence-electron chi connectivity index (χ0n) is 20.3. The molecule has 2 N–H and O–H groups in total. The number of amides is 2. The summed E-state index contributed by atoms with van der Waals surface area (Å²) in [5.41, 5.74) is 0.0226. The molecule has 1 unspecified atom stereocenters. The van der Waals surface area contributed by atoms with Crippen LogP contribution in [-0.2, 0) is 16.0 Å². The van der Waals surface area contributed by atoms with Gasteiger partial charge in [0.2, 0.25) is 0 Å². The van der Waals surface area contributed by atoms with Gasteiger partial charge in [0.25, 0.3) is 11.8 Å². The number of carbonyl (C=O) groups excluding carboxylic acids is 3. The number of halogens is 1. The summed E-state index contributed by atoms with van der Waals surface area (Å²) in [7, 11) is 0. The van der Waals surface area contributed by atoms with Crippen molar-refractivity contribution in [1.29, 1.82) is 0 Å². The van der Waals surface area contributed by atoms with Crippen LogP contribution in [0.5, 0.6) is 0 Å². The fraction of sp³-hybridized carbons (Fsp3) is 0.370. The Labute approximate surface area is 214 Å². The number of aliphatic hydroxyl groups excluding tert-OH is 1. The molecule has 2 aliphatic heterocycles. The SMILES string of the molecule is C=CCN1C[C@]2(C=O)N(C(=O)[C@@H](O)[C@H](Cc3ccccc3)NC(=O)c3cccc(F)c3C)CSC12C. The van der Waals surface area contributed by atoms with Gasteiger partial charge in [0, 0.05) is 18.7 Å². The minimum absolute atomic E-state index is 0.125. The van der Waals surface area contributed by atoms with Crippen LogP contribution in [0.15, 0.2) is 61.2 Å². The fourth-order valence-electron chi connectivity index (χ4n) is 5.03. The first-order chi connectivity index (χ1) is 17.2. The normalized spacial score (nSPS) is 24.8. The highest BCUT2D eigenvalue weighted by molar-refractivity contribution is 8.01. The fourth-order valence-corrected chi connectivity index (χ4v) is 6.57. The molecule has 0 aliphatic carbocycles. The van der Waals surface area contributed by atoms with E-state index >= 15 is 0 Å². The van der Waals surface area contributed by atoms with Gasteiger partial charge in [0.1, 0.15) is 17.6 Å². The van der Waals surface area contributed by atoms with Gasteiger partial charge in [-0.3, -0.25) is 14.5 Å². The molecule has 0 radical (unpaired) electrons. The van der Waals surface area contributed by atoms with Crippen molar-refractivity contribution in [1.82, 2.24) is 15.1 Å². The van der Waals surface area contributed by atoms with Gasteiger partial charge in [-0.2, -0.15) is 0 Å². The number of rotatable bonds is 9. The van der Waals surface area contributed by atoms with E-state index in [4.69, 9.17) is 0 Å². The smallest absolute Gasteiger partial charge is 0.255 e. The van der Waals surface area contributed by atoms with Crippen molar-refractivity contribution < 1.29 is 23.9 Å². The van der Waals surface area contributed by atoms with Gasteiger partial charge in [-0.1, -0.05) is 42.5 Å². The monoisotopic (exact) mass is 511 g/mol. The van der Waals surface area contributed by atoms with Crippen LogP contribution in [0.1, 0.15) is 28.4 Å². The summed E-state index contributed by atoms with van der Waals surface area (Å²) in [5.74, 6) is -1.51. The first-order valence-electron chi connectivity index (χ1n) is 11.7. The van der Waals surface area contributed by atoms with Gasteiger partial charge in [-0.05, 0) is 43.5 Å². The molecule has 4 rings (SSSR count). The van der Waals surface area contributed by atoms with E-state index in [2.05, 4.69) is 16.8 Å². The molecular formula is C27H30FN3O4S. The average Bonchev–Trinajstić information content (AvgIpc) is 3.10. The highest BCUT2D eigenvalue weighted by atomic mass is 32.2. The molecule has 36 heavy (non-hydrogen) atoms. The lowest BCUT2D eigenvalue weighted by atomic mass is 9.79. The van der Waals surface area contributed by atoms with E-state index in [1.54, 1.807) is 6.08 Å². The lowest BCUT2D eigenvalue weighted by molar-refractivity contribution is -0.165. The standard InChI is InChI=1S/C27H30FN3O4S/c1-4-13-30-15-27(16-32)26(30,3)36-17-31(27)25(35)23(33)22(14-19-9-6-5-7-10-19)29-24(34)20-11-8-12-21(28)18(20)2/h4-12,16,22-23,33H,1,13-15,17H2,2-3H3,(H,29,34)/t22-,23-,26?,27+/m0/s1. The maximum atomic E-state index is 14.1. The van der Waals surface area contributed by atoms with Crippen LogP contribution in [0.2, 0.25) is 0 Å². The van der Waals surface area contributed by atoms with Crippen LogP contribution in [0.4, 0.5) is 4.39 Å². The van der Waals surface area contributed by atoms with Crippen LogP contribution >= 0.6 is 11.8 Å². The van der Waals surface area contributed by atoms with Crippen molar-refractivity contribution in [3.8, 4) is 0 Å². The molecule has 2 aliphatic rings. The van der Waals surface area contributed by atoms with Crippen molar-refractivity contribution in [3.05, 3.63) is 83.7 Å². The van der Waals surface area contributed by atoms with E-state index in [0.717, 1.165) is 11.8 Å². The van der Waals surface area contributed by atoms with Crippen LogP contribution < -0.4 is 5.32 Å². The van der Waals surface area contributed by atoms with E-state index < -0.39 is 40.2 Å². The van der Waals surface area contributed by atoms with E-state index in [9.17, 15) is 23.9 Å². The minimum atomic E-state index is -1.61. The molecule has 2 heterocycles. The first-order valence-corrected chi connectivity index (χ1v) is 12.7. The van der Waals surface area contributed by atoms with Crippen molar-refractivity contribution in [2.45, 2.75) is 42.8 Å². The van der Waals surface area contributed by atoms with Crippen LogP contribution in [0, 0.1) is 12.7 Å². The molecule has 0 aromatic heterocycles. The Morgan fingerprint density at radius 1 is 1.25 bits per heavy atom. The van der Waals surface area contributed by atoms with Crippen molar-refractivity contribution in [2.24, 2.45) is 0 Å². The number of nitrogens with zero attached hydrogens (tertiary/aromatic N) is 2. The Morgan fingerprint density at radius 2 is 1.97 bits per heavy atom. The molecule has 0 saturated carbocycles. The van der Waals surface area contributed by atoms with Crippen LogP contribution in [0.3, 0.4) is 0 Å². The van der Waals surface area contributed by atoms with Crippen molar-refractivity contribution in [3.63, 3.8) is 0 Å². The summed E-state index contributed by atoms with van der Waals surface area (Å²) in [6.07, 6.45) is 1.09. The molecule has 0 bridgehead atoms. The predicted molar refractivity (Wildman–Crippen MR) is 137 cm³/mol. The third-order valence-electron chi connectivity index (χ3n) is 7.37. The van der Waals surface area contributed by atoms with E-state index in [-0.39, 0.29) is 23.4 Å². The zero-order chi connectivity index (χ0) is 26.1. The molecule has 7 nitrogen and oxygen atoms in total. The highest BCUT2D eigenvalue weighted by Crippen LogP contribution is 2.56. The molecule has 9 heteroatoms. The molecule has 2 fully saturated rings. The maximum Gasteiger partial charge on any atom is 0.255 e. The summed E-state index contributed by atoms with van der Waals surface area (Å²) >= 11 is 1.46. The highest BCUT2D eigenvalue weighted by Gasteiger charge is 2.70. The topological polar surface area (TPSA) is 90.0 Å². The summed E-state index contributed by atoms with van der Waals surface area (Å²) in [6.45, 7) is 8.08. The molecule has 2 saturated heterocycles. The quantitative estimate of drug-likeness (QED) is 0.397. The number of fused-ring (bicyclic) bond motifs is 1. The Kier molecular flexibility index (Phi) is 7.36. The molecule has 190 valence electrons. The van der Waals surface area contributed by atoms with Gasteiger partial charge in [-0.25, -0.2) is 4.39 Å². The summed E-state index contributed by atoms with van der Waals surface area (Å²) < 4.78 is 14.1. The second kappa shape index (κ2) is 10.2. The van der Waals surface area contributed by atoms with E-state index in [0.29, 0.717) is 13.1 Å². The largest absolute Gasteiger partial charge is 0.381 e. The van der Waals surface area contributed by atoms with Crippen molar-refractivity contribution >= 4 is 29.9 Å². The number of hydrogen-bond donors (Lipinski definition) is 2. The number of aldehydes is 1. The maximum absolute atomic E-state index is 14.1. The molecule has 2 aromatic rings. The lowest BCUT2D eigenvalue weighted by Crippen LogP contribution is -2.80. The van der Waals surface area contributed by atoms with Gasteiger partial charge in [0.15, 0.2) is 6.10 Å². The number of carbonyl (C=O) groups is 3. The third-order valence-corrected chi connectivity index (χ3v) is 8.93. The predicted octanol–water partition coefficient (Wildman–Crippen LogP) is 2.52. The minimum Gasteiger partial charge on any atom is -0.381 e. The summed E-state index contributed by atoms with van der Waals surface area (Å²) in [5, 5.41) is 14.0. The molecule has 4 atom stereocenters. The molecule has 2 amide bonds. The molecular weight excluding hydrogens is 481 g/mol. The zero-order valence-corrected chi connectivity index (χ0v) is 21.1. The summed E-state index contributed by atoms with van der Waals surface area (Å²) in [6, 6.07) is 12.4. The van der Waals surface area contributed by atoms with Gasteiger partial charge in [0.05, 0.1) is 16.8 Å². The summed E-state index contributed by atoms with van der Waals surface area (Å²) in [4.78, 5) is 41.9. The van der Waals surface area contributed by atoms with Crippen molar-refractivity contribution in [2.75, 3.05) is 19.0 Å². The number of aliphatic hydroxyl groups is 1. The van der Waals surface area contributed by atoms with Gasteiger partial charge < -0.3 is 20.1 Å². The second-order valence-electron chi connectivity index (χ2n) is 9.36. The Morgan fingerprint density at radius 3 is 2.64 bits per heavy atom. The molecule has 0 spiro atoms. The number of hydrogen-bond acceptors (Lipinski definition) is 6. The number of nitrogens with one attached hydrogen (secondary N) is 1. The molecule has 2 aromatic carbocycles. The van der Waals surface area contributed by atoms with E-state index in [1.807, 2.05) is 37.3 Å². The lowest BCUT2D eigenvalue weighted by Gasteiger charge is -2.59. The average molecular weight is 512 g/mol. The first kappa shape index (κ1) is 26.1. The number of thioether (sulfide) groups is 1. The van der Waals surface area contributed by atoms with Gasteiger partial charge >= 0.3 is 0 Å². The Hall–Kier alpha value is -3.01. The number of likely N-dealkylation sites (tertiary alicyclic amines) is 1. The van der Waals surface area contributed by atoms with E-state index in [1.165, 1.54) is 41.8 Å². The number of benzene rings is 2. The Bertz CT molecular complexity index is 1180. The third kappa shape index (κ3) is 4.25. The Balaban J connectivity index is 1.60.